The van der Waals surface area contributed by atoms with Crippen molar-refractivity contribution in [2.24, 2.45) is 0 Å². The number of phenolic OH excluding ortho intramolecular Hbond substituents is 1. The Morgan fingerprint density at radius 3 is 2.56 bits per heavy atom. The van der Waals surface area contributed by atoms with Crippen molar-refractivity contribution in [3.05, 3.63) is 29.3 Å². The quantitative estimate of drug-likeness (QED) is 0.799. The molecule has 3 heteroatoms. The van der Waals surface area contributed by atoms with Crippen LogP contribution in [0.1, 0.15) is 24.5 Å². The van der Waals surface area contributed by atoms with Crippen LogP contribution in [0.5, 0.6) is 5.75 Å². The van der Waals surface area contributed by atoms with Crippen molar-refractivity contribution in [2.75, 3.05) is 14.1 Å². The standard InChI is InChI=1S/C13H21NO2/c1-10(15)4-5-11-6-7-13(16)12(8-11)9-14(2)3/h6-8,10,15-16H,4-5,9H2,1-3H3/t10-/m0/s1. The van der Waals surface area contributed by atoms with Crippen LogP contribution in [0, 0.1) is 0 Å². The lowest BCUT2D eigenvalue weighted by Gasteiger charge is -2.13. The van der Waals surface area contributed by atoms with E-state index in [9.17, 15) is 10.2 Å². The molecule has 3 nitrogen and oxygen atoms in total. The van der Waals surface area contributed by atoms with Gasteiger partial charge in [0.2, 0.25) is 0 Å². The van der Waals surface area contributed by atoms with Gasteiger partial charge >= 0.3 is 0 Å². The van der Waals surface area contributed by atoms with Gasteiger partial charge in [0.25, 0.3) is 0 Å². The first-order chi connectivity index (χ1) is 7.49. The first-order valence-corrected chi connectivity index (χ1v) is 5.62. The predicted octanol–water partition coefficient (Wildman–Crippen LogP) is 1.77. The molecule has 0 radical (unpaired) electrons. The molecule has 0 fully saturated rings. The van der Waals surface area contributed by atoms with Crippen molar-refractivity contribution >= 4 is 0 Å². The third-order valence-corrected chi connectivity index (χ3v) is 2.48. The van der Waals surface area contributed by atoms with Crippen molar-refractivity contribution in [2.45, 2.75) is 32.4 Å². The SMILES string of the molecule is C[C@H](O)CCc1ccc(O)c(CN(C)C)c1. The maximum absolute atomic E-state index is 9.69. The third-order valence-electron chi connectivity index (χ3n) is 2.48. The molecule has 0 aromatic heterocycles. The summed E-state index contributed by atoms with van der Waals surface area (Å²) >= 11 is 0. The molecular formula is C13H21NO2. The maximum Gasteiger partial charge on any atom is 0.120 e. The molecule has 1 aromatic carbocycles. The fourth-order valence-electron chi connectivity index (χ4n) is 1.64. The Kier molecular flexibility index (Phi) is 4.77. The van der Waals surface area contributed by atoms with E-state index in [1.165, 1.54) is 0 Å². The van der Waals surface area contributed by atoms with Crippen LogP contribution in [0.2, 0.25) is 0 Å². The molecule has 0 unspecified atom stereocenters. The van der Waals surface area contributed by atoms with Crippen LogP contribution in [0.25, 0.3) is 0 Å². The second kappa shape index (κ2) is 5.87. The number of aromatic hydroxyl groups is 1. The summed E-state index contributed by atoms with van der Waals surface area (Å²) in [6.45, 7) is 2.52. The molecule has 2 N–H and O–H groups in total. The number of nitrogens with zero attached hydrogens (tertiary/aromatic N) is 1. The van der Waals surface area contributed by atoms with E-state index in [2.05, 4.69) is 0 Å². The zero-order valence-electron chi connectivity index (χ0n) is 10.3. The Labute approximate surface area is 97.3 Å². The van der Waals surface area contributed by atoms with E-state index >= 15 is 0 Å². The van der Waals surface area contributed by atoms with Gasteiger partial charge in [-0.2, -0.15) is 0 Å². The van der Waals surface area contributed by atoms with E-state index in [0.717, 1.165) is 30.5 Å². The van der Waals surface area contributed by atoms with E-state index in [1.807, 2.05) is 31.1 Å². The van der Waals surface area contributed by atoms with Gasteiger partial charge in [-0.05, 0) is 45.5 Å². The molecule has 0 saturated carbocycles. The topological polar surface area (TPSA) is 43.7 Å². The molecule has 0 aliphatic carbocycles. The lowest BCUT2D eigenvalue weighted by Crippen LogP contribution is -2.11. The van der Waals surface area contributed by atoms with Crippen molar-refractivity contribution in [1.29, 1.82) is 0 Å². The average Bonchev–Trinajstić information content (AvgIpc) is 2.18. The molecule has 0 saturated heterocycles. The zero-order valence-corrected chi connectivity index (χ0v) is 10.3. The fraction of sp³-hybridized carbons (Fsp3) is 0.538. The van der Waals surface area contributed by atoms with Gasteiger partial charge in [0, 0.05) is 12.1 Å². The lowest BCUT2D eigenvalue weighted by molar-refractivity contribution is 0.185. The monoisotopic (exact) mass is 223 g/mol. The molecule has 16 heavy (non-hydrogen) atoms. The second-order valence-electron chi connectivity index (χ2n) is 4.59. The number of phenols is 1. The van der Waals surface area contributed by atoms with Gasteiger partial charge in [0.1, 0.15) is 5.75 Å². The molecule has 0 heterocycles. The van der Waals surface area contributed by atoms with Gasteiger partial charge in [-0.1, -0.05) is 12.1 Å². The van der Waals surface area contributed by atoms with Gasteiger partial charge in [-0.25, -0.2) is 0 Å². The van der Waals surface area contributed by atoms with E-state index in [0.29, 0.717) is 5.75 Å². The highest BCUT2D eigenvalue weighted by molar-refractivity contribution is 5.36. The number of benzene rings is 1. The van der Waals surface area contributed by atoms with Crippen molar-refractivity contribution in [1.82, 2.24) is 4.90 Å². The summed E-state index contributed by atoms with van der Waals surface area (Å²) in [7, 11) is 3.95. The van der Waals surface area contributed by atoms with Gasteiger partial charge in [0.15, 0.2) is 0 Å². The van der Waals surface area contributed by atoms with Crippen LogP contribution in [-0.2, 0) is 13.0 Å². The highest BCUT2D eigenvalue weighted by Crippen LogP contribution is 2.20. The molecular weight excluding hydrogens is 202 g/mol. The number of hydrogen-bond donors (Lipinski definition) is 2. The zero-order chi connectivity index (χ0) is 12.1. The first kappa shape index (κ1) is 13.0. The Morgan fingerprint density at radius 1 is 1.31 bits per heavy atom. The van der Waals surface area contributed by atoms with E-state index in [1.54, 1.807) is 13.0 Å². The lowest BCUT2D eigenvalue weighted by atomic mass is 10.0. The molecule has 0 aliphatic heterocycles. The highest BCUT2D eigenvalue weighted by Gasteiger charge is 2.05. The number of aliphatic hydroxyl groups excluding tert-OH is 1. The van der Waals surface area contributed by atoms with Crippen LogP contribution < -0.4 is 0 Å². The molecule has 0 bridgehead atoms. The average molecular weight is 223 g/mol. The summed E-state index contributed by atoms with van der Waals surface area (Å²) in [5.74, 6) is 0.342. The van der Waals surface area contributed by atoms with E-state index in [4.69, 9.17) is 0 Å². The number of aliphatic hydroxyl groups is 1. The highest BCUT2D eigenvalue weighted by atomic mass is 16.3. The molecule has 1 rings (SSSR count). The maximum atomic E-state index is 9.69. The first-order valence-electron chi connectivity index (χ1n) is 5.62. The summed E-state index contributed by atoms with van der Waals surface area (Å²) in [6, 6.07) is 5.66. The number of rotatable bonds is 5. The Bertz CT molecular complexity index is 335. The molecule has 1 aromatic rings. The molecule has 0 amide bonds. The van der Waals surface area contributed by atoms with E-state index < -0.39 is 0 Å². The van der Waals surface area contributed by atoms with Crippen LogP contribution >= 0.6 is 0 Å². The summed E-state index contributed by atoms with van der Waals surface area (Å²) in [4.78, 5) is 2.02. The van der Waals surface area contributed by atoms with E-state index in [-0.39, 0.29) is 6.10 Å². The van der Waals surface area contributed by atoms with Crippen molar-refractivity contribution in [3.8, 4) is 5.75 Å². The van der Waals surface area contributed by atoms with Crippen LogP contribution in [0.15, 0.2) is 18.2 Å². The van der Waals surface area contributed by atoms with Crippen LogP contribution in [0.3, 0.4) is 0 Å². The van der Waals surface area contributed by atoms with Gasteiger partial charge < -0.3 is 15.1 Å². The van der Waals surface area contributed by atoms with Crippen molar-refractivity contribution in [3.63, 3.8) is 0 Å². The number of aryl methyl sites for hydroxylation is 1. The normalized spacial score (nSPS) is 13.1. The number of hydrogen-bond acceptors (Lipinski definition) is 3. The summed E-state index contributed by atoms with van der Waals surface area (Å²) < 4.78 is 0. The Balaban J connectivity index is 2.73. The minimum atomic E-state index is -0.272. The molecule has 1 atom stereocenters. The Morgan fingerprint density at radius 2 is 2.00 bits per heavy atom. The molecule has 90 valence electrons. The van der Waals surface area contributed by atoms with Gasteiger partial charge in [-0.3, -0.25) is 0 Å². The molecule has 0 spiro atoms. The van der Waals surface area contributed by atoms with Crippen LogP contribution in [0.4, 0.5) is 0 Å². The minimum Gasteiger partial charge on any atom is -0.508 e. The fourth-order valence-corrected chi connectivity index (χ4v) is 1.64. The minimum absolute atomic E-state index is 0.272. The molecule has 0 aliphatic rings. The predicted molar refractivity (Wildman–Crippen MR) is 65.5 cm³/mol. The van der Waals surface area contributed by atoms with Gasteiger partial charge in [-0.15, -0.1) is 0 Å². The Hall–Kier alpha value is -1.06. The summed E-state index contributed by atoms with van der Waals surface area (Å²) in [5.41, 5.74) is 2.10. The van der Waals surface area contributed by atoms with Crippen LogP contribution in [-0.4, -0.2) is 35.3 Å². The van der Waals surface area contributed by atoms with Crippen molar-refractivity contribution < 1.29 is 10.2 Å². The summed E-state index contributed by atoms with van der Waals surface area (Å²) in [5, 5.41) is 18.9. The van der Waals surface area contributed by atoms with Gasteiger partial charge in [0.05, 0.1) is 6.10 Å². The summed E-state index contributed by atoms with van der Waals surface area (Å²) in [6.07, 6.45) is 1.33. The smallest absolute Gasteiger partial charge is 0.120 e. The largest absolute Gasteiger partial charge is 0.508 e. The second-order valence-corrected chi connectivity index (χ2v) is 4.59. The third kappa shape index (κ3) is 4.21.